The molecule has 2 aromatic carbocycles. The molecule has 0 atom stereocenters. The van der Waals surface area contributed by atoms with Crippen molar-refractivity contribution >= 4 is 11.6 Å². The molecule has 0 unspecified atom stereocenters. The Kier molecular flexibility index (Phi) is 7.32. The van der Waals surface area contributed by atoms with E-state index in [9.17, 15) is 31.1 Å². The molecule has 0 aliphatic heterocycles. The van der Waals surface area contributed by atoms with Crippen LogP contribution in [0.15, 0.2) is 48.5 Å². The fraction of sp³-hybridized carbons (Fsp3) is 0.300. The quantitative estimate of drug-likeness (QED) is 0.668. The number of nitrogens with zero attached hydrogens (tertiary/aromatic N) is 2. The number of rotatable bonds is 7. The van der Waals surface area contributed by atoms with Gasteiger partial charge in [-0.25, -0.2) is 0 Å². The van der Waals surface area contributed by atoms with E-state index in [1.54, 1.807) is 12.1 Å². The molecule has 0 bridgehead atoms. The molecule has 0 radical (unpaired) electrons. The van der Waals surface area contributed by atoms with Gasteiger partial charge in [-0.1, -0.05) is 30.3 Å². The zero-order valence-corrected chi connectivity index (χ0v) is 15.5. The lowest BCUT2D eigenvalue weighted by molar-refractivity contribution is -0.137. The molecule has 0 saturated carbocycles. The second kappa shape index (κ2) is 9.52. The second-order valence-corrected chi connectivity index (χ2v) is 6.40. The van der Waals surface area contributed by atoms with Gasteiger partial charge in [0, 0.05) is 12.2 Å². The predicted molar refractivity (Wildman–Crippen MR) is 97.6 cm³/mol. The van der Waals surface area contributed by atoms with Crippen LogP contribution in [0.25, 0.3) is 0 Å². The Hall–Kier alpha value is -3.22. The van der Waals surface area contributed by atoms with E-state index >= 15 is 0 Å². The molecule has 0 aromatic heterocycles. The van der Waals surface area contributed by atoms with E-state index in [0.717, 1.165) is 17.7 Å². The molecule has 4 nitrogen and oxygen atoms in total. The van der Waals surface area contributed by atoms with Crippen molar-refractivity contribution in [2.75, 3.05) is 24.5 Å². The first-order valence-corrected chi connectivity index (χ1v) is 8.73. The number of halogens is 6. The highest BCUT2D eigenvalue weighted by molar-refractivity contribution is 5.81. The van der Waals surface area contributed by atoms with E-state index in [-0.39, 0.29) is 6.54 Å². The van der Waals surface area contributed by atoms with E-state index < -0.39 is 48.2 Å². The first kappa shape index (κ1) is 23.1. The van der Waals surface area contributed by atoms with Crippen LogP contribution >= 0.6 is 0 Å². The summed E-state index contributed by atoms with van der Waals surface area (Å²) < 4.78 is 78.2. The summed E-state index contributed by atoms with van der Waals surface area (Å²) in [4.78, 5) is 12.6. The predicted octanol–water partition coefficient (Wildman–Crippen LogP) is 4.30. The van der Waals surface area contributed by atoms with Crippen molar-refractivity contribution in [3.8, 4) is 6.07 Å². The maximum absolute atomic E-state index is 13.1. The minimum atomic E-state index is -4.93. The number of nitriles is 1. The molecule has 0 aliphatic carbocycles. The Bertz CT molecular complexity index is 903. The van der Waals surface area contributed by atoms with Crippen molar-refractivity contribution in [1.82, 2.24) is 5.32 Å². The number of carbonyl (C=O) groups excluding carboxylic acids is 1. The summed E-state index contributed by atoms with van der Waals surface area (Å²) in [5.41, 5.74) is -1.63. The Morgan fingerprint density at radius 2 is 1.70 bits per heavy atom. The van der Waals surface area contributed by atoms with Crippen molar-refractivity contribution in [3.63, 3.8) is 0 Å². The Labute approximate surface area is 168 Å². The molecule has 0 saturated heterocycles. The molecule has 0 aliphatic rings. The van der Waals surface area contributed by atoms with Crippen LogP contribution in [0, 0.1) is 11.3 Å². The number of amides is 1. The summed E-state index contributed by atoms with van der Waals surface area (Å²) in [7, 11) is 0. The molecular formula is C20H17F6N3O. The van der Waals surface area contributed by atoms with Gasteiger partial charge < -0.3 is 10.2 Å². The minimum absolute atomic E-state index is 0.157. The Morgan fingerprint density at radius 3 is 2.27 bits per heavy atom. The van der Waals surface area contributed by atoms with Crippen LogP contribution in [-0.4, -0.2) is 31.7 Å². The minimum Gasteiger partial charge on any atom is -0.354 e. The van der Waals surface area contributed by atoms with Crippen LogP contribution in [0.4, 0.5) is 32.0 Å². The van der Waals surface area contributed by atoms with Gasteiger partial charge in [0.1, 0.15) is 6.54 Å². The lowest BCUT2D eigenvalue weighted by Crippen LogP contribution is -2.42. The Morgan fingerprint density at radius 1 is 1.03 bits per heavy atom. The average Bonchev–Trinajstić information content (AvgIpc) is 2.66. The highest BCUT2D eigenvalue weighted by Gasteiger charge is 2.36. The molecule has 160 valence electrons. The lowest BCUT2D eigenvalue weighted by Gasteiger charge is -2.26. The normalized spacial score (nSPS) is 11.6. The van der Waals surface area contributed by atoms with Crippen molar-refractivity contribution in [1.29, 1.82) is 5.26 Å². The van der Waals surface area contributed by atoms with E-state index in [4.69, 9.17) is 5.26 Å². The van der Waals surface area contributed by atoms with Gasteiger partial charge >= 0.3 is 12.4 Å². The van der Waals surface area contributed by atoms with Gasteiger partial charge in [0.15, 0.2) is 0 Å². The Balaban J connectivity index is 2.16. The first-order valence-electron chi connectivity index (χ1n) is 8.73. The maximum atomic E-state index is 13.1. The SMILES string of the molecule is N#Cc1ccc(N(CC(=O)NCCc2ccccc2)CC(F)(F)F)cc1C(F)(F)F. The molecule has 0 heterocycles. The number of benzene rings is 2. The van der Waals surface area contributed by atoms with E-state index in [0.29, 0.717) is 17.4 Å². The number of hydrogen-bond acceptors (Lipinski definition) is 3. The third-order valence-electron chi connectivity index (χ3n) is 4.08. The van der Waals surface area contributed by atoms with Crippen molar-refractivity contribution < 1.29 is 31.1 Å². The molecule has 0 spiro atoms. The summed E-state index contributed by atoms with van der Waals surface area (Å²) in [6.45, 7) is -2.26. The number of nitrogens with one attached hydrogen (secondary N) is 1. The highest BCUT2D eigenvalue weighted by Crippen LogP contribution is 2.35. The maximum Gasteiger partial charge on any atom is 0.417 e. The third-order valence-corrected chi connectivity index (χ3v) is 4.08. The fourth-order valence-electron chi connectivity index (χ4n) is 2.74. The van der Waals surface area contributed by atoms with Crippen LogP contribution in [-0.2, 0) is 17.4 Å². The van der Waals surface area contributed by atoms with Gasteiger partial charge in [-0.2, -0.15) is 31.6 Å². The van der Waals surface area contributed by atoms with Crippen LogP contribution in [0.1, 0.15) is 16.7 Å². The highest BCUT2D eigenvalue weighted by atomic mass is 19.4. The molecule has 2 aromatic rings. The van der Waals surface area contributed by atoms with Crippen LogP contribution in [0.5, 0.6) is 0 Å². The largest absolute Gasteiger partial charge is 0.417 e. The van der Waals surface area contributed by atoms with Crippen molar-refractivity contribution in [2.24, 2.45) is 0 Å². The molecule has 0 fully saturated rings. The van der Waals surface area contributed by atoms with Gasteiger partial charge in [0.2, 0.25) is 5.91 Å². The van der Waals surface area contributed by atoms with Gasteiger partial charge in [0.05, 0.1) is 23.7 Å². The zero-order valence-electron chi connectivity index (χ0n) is 15.5. The average molecular weight is 429 g/mol. The van der Waals surface area contributed by atoms with Crippen LogP contribution in [0.2, 0.25) is 0 Å². The van der Waals surface area contributed by atoms with Gasteiger partial charge in [-0.3, -0.25) is 4.79 Å². The number of carbonyl (C=O) groups is 1. The summed E-state index contributed by atoms with van der Waals surface area (Å²) in [6.07, 6.45) is -9.24. The molecule has 1 N–H and O–H groups in total. The standard InChI is InChI=1S/C20H17F6N3O/c21-19(22,23)13-29(12-18(30)28-9-8-14-4-2-1-3-5-14)16-7-6-15(11-27)17(10-16)20(24,25)26/h1-7,10H,8-9,12-13H2,(H,28,30). The second-order valence-electron chi connectivity index (χ2n) is 6.40. The van der Waals surface area contributed by atoms with Crippen molar-refractivity contribution in [3.05, 3.63) is 65.2 Å². The summed E-state index contributed by atoms with van der Waals surface area (Å²) in [5.74, 6) is -0.770. The fourth-order valence-corrected chi connectivity index (χ4v) is 2.74. The number of anilines is 1. The number of alkyl halides is 6. The zero-order chi connectivity index (χ0) is 22.4. The smallest absolute Gasteiger partial charge is 0.354 e. The lowest BCUT2D eigenvalue weighted by atomic mass is 10.1. The van der Waals surface area contributed by atoms with Crippen LogP contribution < -0.4 is 10.2 Å². The van der Waals surface area contributed by atoms with E-state index in [1.165, 1.54) is 6.07 Å². The molecular weight excluding hydrogens is 412 g/mol. The molecule has 30 heavy (non-hydrogen) atoms. The topological polar surface area (TPSA) is 56.1 Å². The van der Waals surface area contributed by atoms with E-state index in [1.807, 2.05) is 18.2 Å². The monoisotopic (exact) mass is 429 g/mol. The van der Waals surface area contributed by atoms with Gasteiger partial charge in [-0.05, 0) is 30.2 Å². The third kappa shape index (κ3) is 6.99. The summed E-state index contributed by atoms with van der Waals surface area (Å²) in [5, 5.41) is 11.3. The molecule has 10 heteroatoms. The number of hydrogen-bond donors (Lipinski definition) is 1. The first-order chi connectivity index (χ1) is 14.0. The molecule has 1 amide bonds. The van der Waals surface area contributed by atoms with Crippen molar-refractivity contribution in [2.45, 2.75) is 18.8 Å². The van der Waals surface area contributed by atoms with Gasteiger partial charge in [0.25, 0.3) is 0 Å². The summed E-state index contributed by atoms with van der Waals surface area (Å²) in [6, 6.07) is 12.6. The van der Waals surface area contributed by atoms with E-state index in [2.05, 4.69) is 5.32 Å². The van der Waals surface area contributed by atoms with Crippen LogP contribution in [0.3, 0.4) is 0 Å². The summed E-state index contributed by atoms with van der Waals surface area (Å²) >= 11 is 0. The molecule has 2 rings (SSSR count). The van der Waals surface area contributed by atoms with Gasteiger partial charge in [-0.15, -0.1) is 0 Å².